The molecule has 2 amide bonds. The maximum atomic E-state index is 13.8. The van der Waals surface area contributed by atoms with Gasteiger partial charge in [-0.2, -0.15) is 0 Å². The zero-order valence-corrected chi connectivity index (χ0v) is 32.6. The van der Waals surface area contributed by atoms with E-state index in [2.05, 4.69) is 33.7 Å². The van der Waals surface area contributed by atoms with Crippen molar-refractivity contribution in [3.63, 3.8) is 0 Å². The SMILES string of the molecule is O=C(Nc1ccccc1)c1ccc2cc(OCCOc3cc4ccc(CONc5ccccc5)cc4cc3CONc3ccccc3)c(C(=O)Nc3ccccc3)cc2c1. The Kier molecular flexibility index (Phi) is 12.5. The van der Waals surface area contributed by atoms with Gasteiger partial charge in [-0.25, -0.2) is 0 Å². The molecule has 60 heavy (non-hydrogen) atoms. The maximum absolute atomic E-state index is 13.8. The van der Waals surface area contributed by atoms with Crippen LogP contribution < -0.4 is 31.1 Å². The molecule has 10 nitrogen and oxygen atoms in total. The Morgan fingerprint density at radius 2 is 0.917 bits per heavy atom. The number of para-hydroxylation sites is 4. The van der Waals surface area contributed by atoms with Crippen LogP contribution in [0.2, 0.25) is 0 Å². The van der Waals surface area contributed by atoms with Gasteiger partial charge in [-0.1, -0.05) is 91.0 Å². The fourth-order valence-electron chi connectivity index (χ4n) is 6.59. The summed E-state index contributed by atoms with van der Waals surface area (Å²) in [6.45, 7) is 0.905. The number of anilines is 4. The van der Waals surface area contributed by atoms with E-state index in [4.69, 9.17) is 19.1 Å². The molecule has 0 unspecified atom stereocenters. The molecule has 298 valence electrons. The highest BCUT2D eigenvalue weighted by Crippen LogP contribution is 2.31. The first-order valence-electron chi connectivity index (χ1n) is 19.5. The lowest BCUT2D eigenvalue weighted by Crippen LogP contribution is -2.16. The summed E-state index contributed by atoms with van der Waals surface area (Å²) in [5, 5.41) is 9.39. The molecule has 0 saturated heterocycles. The van der Waals surface area contributed by atoms with Crippen LogP contribution in [0.3, 0.4) is 0 Å². The molecule has 8 rings (SSSR count). The zero-order chi connectivity index (χ0) is 40.9. The second-order valence-electron chi connectivity index (χ2n) is 13.9. The molecule has 0 bridgehead atoms. The highest BCUT2D eigenvalue weighted by atomic mass is 16.6. The number of nitrogens with one attached hydrogen (secondary N) is 4. The summed E-state index contributed by atoms with van der Waals surface area (Å²) in [6.07, 6.45) is 0. The van der Waals surface area contributed by atoms with E-state index in [0.29, 0.717) is 46.0 Å². The van der Waals surface area contributed by atoms with Crippen LogP contribution in [0.5, 0.6) is 11.5 Å². The normalized spacial score (nSPS) is 10.9. The number of fused-ring (bicyclic) bond motifs is 2. The van der Waals surface area contributed by atoms with E-state index in [0.717, 1.165) is 38.7 Å². The minimum atomic E-state index is -0.348. The molecule has 0 aromatic heterocycles. The Bertz CT molecular complexity index is 2700. The van der Waals surface area contributed by atoms with Crippen molar-refractivity contribution in [2.24, 2.45) is 0 Å². The number of carbonyl (C=O) groups excluding carboxylic acids is 2. The first-order valence-corrected chi connectivity index (χ1v) is 19.5. The smallest absolute Gasteiger partial charge is 0.259 e. The lowest BCUT2D eigenvalue weighted by atomic mass is 10.0. The van der Waals surface area contributed by atoms with Gasteiger partial charge in [0.2, 0.25) is 0 Å². The summed E-state index contributed by atoms with van der Waals surface area (Å²) in [5.41, 5.74) is 11.6. The largest absolute Gasteiger partial charge is 0.490 e. The van der Waals surface area contributed by atoms with Crippen LogP contribution in [0.25, 0.3) is 21.5 Å². The van der Waals surface area contributed by atoms with Crippen LogP contribution in [0.1, 0.15) is 31.8 Å². The van der Waals surface area contributed by atoms with E-state index in [1.165, 1.54) is 0 Å². The van der Waals surface area contributed by atoms with Crippen molar-refractivity contribution in [2.75, 3.05) is 34.8 Å². The standard InChI is InChI=1S/C50H42N4O6/c55-49(51-42-13-5-1-6-14-42)38-24-23-37-32-48(46(30-40(37)28-38)50(56)52-43-15-7-2-8-16-43)58-26-25-57-47-31-36-22-21-35(33-59-53-44-17-9-3-10-18-44)27-39(36)29-41(47)34-60-54-45-19-11-4-12-20-45/h1-24,27-32,53-54H,25-26,33-34H2,(H,51,55)(H,52,56). The predicted molar refractivity (Wildman–Crippen MR) is 237 cm³/mol. The third kappa shape index (κ3) is 10.3. The molecule has 0 spiro atoms. The van der Waals surface area contributed by atoms with E-state index in [9.17, 15) is 9.59 Å². The first kappa shape index (κ1) is 39.2. The Morgan fingerprint density at radius 1 is 0.417 bits per heavy atom. The van der Waals surface area contributed by atoms with E-state index in [1.807, 2.05) is 152 Å². The fourth-order valence-corrected chi connectivity index (χ4v) is 6.59. The van der Waals surface area contributed by atoms with Gasteiger partial charge in [0.25, 0.3) is 11.8 Å². The third-order valence-corrected chi connectivity index (χ3v) is 9.59. The molecule has 8 aromatic carbocycles. The number of benzene rings is 8. The fraction of sp³-hybridized carbons (Fsp3) is 0.0800. The van der Waals surface area contributed by atoms with Gasteiger partial charge in [0.05, 0.1) is 23.5 Å². The average molecular weight is 795 g/mol. The molecule has 8 aromatic rings. The van der Waals surface area contributed by atoms with Crippen molar-refractivity contribution in [1.29, 1.82) is 0 Å². The minimum Gasteiger partial charge on any atom is -0.490 e. The van der Waals surface area contributed by atoms with Gasteiger partial charge < -0.3 is 20.1 Å². The van der Waals surface area contributed by atoms with Gasteiger partial charge in [0, 0.05) is 22.5 Å². The highest BCUT2D eigenvalue weighted by molar-refractivity contribution is 6.10. The van der Waals surface area contributed by atoms with Crippen molar-refractivity contribution in [3.05, 3.63) is 204 Å². The summed E-state index contributed by atoms with van der Waals surface area (Å²) in [6, 6.07) is 57.0. The Labute approximate surface area is 347 Å². The number of ether oxygens (including phenoxy) is 2. The number of hydrogen-bond donors (Lipinski definition) is 4. The van der Waals surface area contributed by atoms with Gasteiger partial charge in [0.1, 0.15) is 31.3 Å². The lowest BCUT2D eigenvalue weighted by Gasteiger charge is -2.17. The lowest BCUT2D eigenvalue weighted by molar-refractivity contribution is 0.101. The number of amides is 2. The molecule has 0 fully saturated rings. The molecule has 0 aliphatic carbocycles. The van der Waals surface area contributed by atoms with Crippen LogP contribution in [-0.2, 0) is 22.9 Å². The molecule has 0 aliphatic heterocycles. The zero-order valence-electron chi connectivity index (χ0n) is 32.6. The summed E-state index contributed by atoms with van der Waals surface area (Å²) in [7, 11) is 0. The molecular weight excluding hydrogens is 753 g/mol. The summed E-state index contributed by atoms with van der Waals surface area (Å²) >= 11 is 0. The second-order valence-corrected chi connectivity index (χ2v) is 13.9. The molecule has 0 radical (unpaired) electrons. The topological polar surface area (TPSA) is 119 Å². The van der Waals surface area contributed by atoms with Crippen LogP contribution in [-0.4, -0.2) is 25.0 Å². The van der Waals surface area contributed by atoms with Crippen LogP contribution in [0.4, 0.5) is 22.7 Å². The van der Waals surface area contributed by atoms with Gasteiger partial charge in [-0.3, -0.25) is 30.2 Å². The van der Waals surface area contributed by atoms with Crippen LogP contribution in [0, 0.1) is 0 Å². The van der Waals surface area contributed by atoms with Crippen molar-refractivity contribution < 1.29 is 28.7 Å². The third-order valence-electron chi connectivity index (χ3n) is 9.59. The van der Waals surface area contributed by atoms with E-state index < -0.39 is 0 Å². The summed E-state index contributed by atoms with van der Waals surface area (Å²) in [5.74, 6) is 0.415. The van der Waals surface area contributed by atoms with Crippen molar-refractivity contribution in [2.45, 2.75) is 13.2 Å². The molecule has 4 N–H and O–H groups in total. The highest BCUT2D eigenvalue weighted by Gasteiger charge is 2.17. The maximum Gasteiger partial charge on any atom is 0.259 e. The van der Waals surface area contributed by atoms with Gasteiger partial charge >= 0.3 is 0 Å². The monoisotopic (exact) mass is 794 g/mol. The van der Waals surface area contributed by atoms with E-state index in [1.54, 1.807) is 18.2 Å². The number of rotatable bonds is 17. The molecular formula is C50H42N4O6. The molecule has 10 heteroatoms. The molecule has 0 heterocycles. The van der Waals surface area contributed by atoms with Crippen LogP contribution >= 0.6 is 0 Å². The summed E-state index contributed by atoms with van der Waals surface area (Å²) in [4.78, 5) is 38.6. The van der Waals surface area contributed by atoms with E-state index >= 15 is 0 Å². The number of carbonyl (C=O) groups is 2. The van der Waals surface area contributed by atoms with Gasteiger partial charge in [-0.15, -0.1) is 0 Å². The van der Waals surface area contributed by atoms with Gasteiger partial charge in [0.15, 0.2) is 0 Å². The Hall–Kier alpha value is -7.66. The molecule has 0 atom stereocenters. The predicted octanol–water partition coefficient (Wildman–Crippen LogP) is 11.0. The molecule has 0 aliphatic rings. The summed E-state index contributed by atoms with van der Waals surface area (Å²) < 4.78 is 12.7. The van der Waals surface area contributed by atoms with Crippen molar-refractivity contribution >= 4 is 56.1 Å². The minimum absolute atomic E-state index is 0.139. The first-order chi connectivity index (χ1) is 29.5. The van der Waals surface area contributed by atoms with Crippen molar-refractivity contribution in [3.8, 4) is 11.5 Å². The Balaban J connectivity index is 0.995. The van der Waals surface area contributed by atoms with E-state index in [-0.39, 0.29) is 31.6 Å². The van der Waals surface area contributed by atoms with Crippen molar-refractivity contribution in [1.82, 2.24) is 0 Å². The average Bonchev–Trinajstić information content (AvgIpc) is 3.28. The molecule has 0 saturated carbocycles. The second kappa shape index (κ2) is 19.2. The quantitative estimate of drug-likeness (QED) is 0.0531. The Morgan fingerprint density at radius 3 is 1.53 bits per heavy atom. The van der Waals surface area contributed by atoms with Crippen LogP contribution in [0.15, 0.2) is 182 Å². The number of hydrogen-bond acceptors (Lipinski definition) is 8. The van der Waals surface area contributed by atoms with Gasteiger partial charge in [-0.05, 0) is 118 Å².